The van der Waals surface area contributed by atoms with Crippen molar-refractivity contribution >= 4 is 11.8 Å². The maximum atomic E-state index is 12.9. The van der Waals surface area contributed by atoms with Crippen molar-refractivity contribution < 1.29 is 14.0 Å². The van der Waals surface area contributed by atoms with E-state index < -0.39 is 0 Å². The molecular formula is C21H24FN3O2. The molecule has 0 atom stereocenters. The molecule has 0 spiro atoms. The van der Waals surface area contributed by atoms with Gasteiger partial charge < -0.3 is 10.2 Å². The Morgan fingerprint density at radius 2 is 1.89 bits per heavy atom. The van der Waals surface area contributed by atoms with E-state index in [1.165, 1.54) is 18.3 Å². The zero-order valence-electron chi connectivity index (χ0n) is 15.5. The number of aromatic nitrogens is 1. The Labute approximate surface area is 158 Å². The van der Waals surface area contributed by atoms with E-state index >= 15 is 0 Å². The molecular weight excluding hydrogens is 345 g/mol. The third-order valence-corrected chi connectivity index (χ3v) is 4.92. The Morgan fingerprint density at radius 3 is 2.59 bits per heavy atom. The van der Waals surface area contributed by atoms with Crippen LogP contribution < -0.4 is 5.32 Å². The van der Waals surface area contributed by atoms with Crippen molar-refractivity contribution in [1.82, 2.24) is 15.2 Å². The fourth-order valence-electron chi connectivity index (χ4n) is 3.14. The summed E-state index contributed by atoms with van der Waals surface area (Å²) in [5, 5.41) is 2.83. The summed E-state index contributed by atoms with van der Waals surface area (Å²) < 4.78 is 12.9. The second-order valence-corrected chi connectivity index (χ2v) is 7.04. The molecule has 1 aromatic carbocycles. The number of pyridine rings is 1. The molecule has 142 valence electrons. The van der Waals surface area contributed by atoms with Gasteiger partial charge in [-0.15, -0.1) is 0 Å². The van der Waals surface area contributed by atoms with Crippen LogP contribution in [0.25, 0.3) is 0 Å². The van der Waals surface area contributed by atoms with Crippen molar-refractivity contribution in [1.29, 1.82) is 0 Å². The Morgan fingerprint density at radius 1 is 1.19 bits per heavy atom. The monoisotopic (exact) mass is 369 g/mol. The van der Waals surface area contributed by atoms with Crippen molar-refractivity contribution in [3.63, 3.8) is 0 Å². The van der Waals surface area contributed by atoms with Crippen LogP contribution >= 0.6 is 0 Å². The highest BCUT2D eigenvalue weighted by Crippen LogP contribution is 2.18. The third-order valence-electron chi connectivity index (χ3n) is 4.92. The maximum absolute atomic E-state index is 12.9. The zero-order valence-corrected chi connectivity index (χ0v) is 15.5. The second-order valence-electron chi connectivity index (χ2n) is 7.04. The summed E-state index contributed by atoms with van der Waals surface area (Å²) >= 11 is 0. The minimum Gasteiger partial charge on any atom is -0.352 e. The molecule has 0 unspecified atom stereocenters. The molecule has 5 nitrogen and oxygen atoms in total. The van der Waals surface area contributed by atoms with Crippen LogP contribution in [0, 0.1) is 11.7 Å². The van der Waals surface area contributed by atoms with Gasteiger partial charge in [-0.1, -0.05) is 19.1 Å². The van der Waals surface area contributed by atoms with Gasteiger partial charge in [0, 0.05) is 31.4 Å². The van der Waals surface area contributed by atoms with Gasteiger partial charge in [-0.25, -0.2) is 4.39 Å². The number of nitrogens with zero attached hydrogens (tertiary/aromatic N) is 2. The van der Waals surface area contributed by atoms with E-state index in [2.05, 4.69) is 17.2 Å². The van der Waals surface area contributed by atoms with E-state index in [1.54, 1.807) is 29.2 Å². The van der Waals surface area contributed by atoms with Gasteiger partial charge in [0.05, 0.1) is 0 Å². The van der Waals surface area contributed by atoms with Crippen LogP contribution in [0.15, 0.2) is 42.6 Å². The Balaban J connectivity index is 1.56. The molecule has 6 heteroatoms. The van der Waals surface area contributed by atoms with Crippen molar-refractivity contribution in [2.24, 2.45) is 5.92 Å². The lowest BCUT2D eigenvalue weighted by Gasteiger charge is -2.30. The van der Waals surface area contributed by atoms with Gasteiger partial charge in [0.25, 0.3) is 11.8 Å². The summed E-state index contributed by atoms with van der Waals surface area (Å²) in [6.07, 6.45) is 4.09. The van der Waals surface area contributed by atoms with Crippen LogP contribution in [-0.4, -0.2) is 41.3 Å². The number of nitrogens with one attached hydrogen (secondary N) is 1. The summed E-state index contributed by atoms with van der Waals surface area (Å²) in [7, 11) is 0. The van der Waals surface area contributed by atoms with E-state index in [-0.39, 0.29) is 17.6 Å². The van der Waals surface area contributed by atoms with E-state index in [4.69, 9.17) is 0 Å². The summed E-state index contributed by atoms with van der Waals surface area (Å²) in [6.45, 7) is 4.09. The van der Waals surface area contributed by atoms with Crippen molar-refractivity contribution in [3.8, 4) is 0 Å². The van der Waals surface area contributed by atoms with Gasteiger partial charge >= 0.3 is 0 Å². The van der Waals surface area contributed by atoms with E-state index in [0.29, 0.717) is 30.1 Å². The van der Waals surface area contributed by atoms with Crippen molar-refractivity contribution in [2.75, 3.05) is 19.6 Å². The molecule has 1 aliphatic heterocycles. The Hall–Kier alpha value is -2.76. The number of rotatable bonds is 5. The lowest BCUT2D eigenvalue weighted by atomic mass is 9.99. The molecule has 1 saturated heterocycles. The highest BCUT2D eigenvalue weighted by Gasteiger charge is 2.22. The second kappa shape index (κ2) is 8.75. The first kappa shape index (κ1) is 19.0. The minimum absolute atomic E-state index is 0.122. The van der Waals surface area contributed by atoms with Crippen LogP contribution in [0.1, 0.15) is 46.2 Å². The van der Waals surface area contributed by atoms with E-state index in [0.717, 1.165) is 31.5 Å². The number of likely N-dealkylation sites (tertiary alicyclic amines) is 1. The number of hydrogen-bond acceptors (Lipinski definition) is 3. The number of carbonyl (C=O) groups excluding carboxylic acids is 2. The molecule has 0 radical (unpaired) electrons. The Bertz CT molecular complexity index is 799. The molecule has 27 heavy (non-hydrogen) atoms. The van der Waals surface area contributed by atoms with Gasteiger partial charge in [0.15, 0.2) is 0 Å². The van der Waals surface area contributed by atoms with Gasteiger partial charge in [0.2, 0.25) is 0 Å². The van der Waals surface area contributed by atoms with Crippen LogP contribution in [0.2, 0.25) is 0 Å². The molecule has 1 aliphatic rings. The number of benzene rings is 1. The first-order chi connectivity index (χ1) is 13.0. The molecule has 1 N–H and O–H groups in total. The highest BCUT2D eigenvalue weighted by atomic mass is 19.1. The number of piperidine rings is 1. The summed E-state index contributed by atoms with van der Waals surface area (Å²) in [4.78, 5) is 30.9. The van der Waals surface area contributed by atoms with Gasteiger partial charge in [-0.2, -0.15) is 0 Å². The molecule has 2 aromatic rings. The zero-order chi connectivity index (χ0) is 19.2. The lowest BCUT2D eigenvalue weighted by Crippen LogP contribution is -2.38. The predicted molar refractivity (Wildman–Crippen MR) is 101 cm³/mol. The first-order valence-electron chi connectivity index (χ1n) is 9.31. The number of hydrogen-bond donors (Lipinski definition) is 1. The third kappa shape index (κ3) is 5.12. The average Bonchev–Trinajstić information content (AvgIpc) is 2.69. The van der Waals surface area contributed by atoms with Gasteiger partial charge in [-0.3, -0.25) is 14.6 Å². The molecule has 0 saturated carbocycles. The van der Waals surface area contributed by atoms with Gasteiger partial charge in [0.1, 0.15) is 11.5 Å². The van der Waals surface area contributed by atoms with Gasteiger partial charge in [-0.05, 0) is 55.0 Å². The quantitative estimate of drug-likeness (QED) is 0.881. The van der Waals surface area contributed by atoms with Crippen molar-refractivity contribution in [2.45, 2.75) is 26.2 Å². The molecule has 3 rings (SSSR count). The van der Waals surface area contributed by atoms with E-state index in [1.807, 2.05) is 0 Å². The maximum Gasteiger partial charge on any atom is 0.272 e. The fraction of sp³-hybridized carbons (Fsp3) is 0.381. The SMILES string of the molecule is CC1CCN(C(=O)c2cc(C(=O)NCCc3ccc(F)cc3)ccn2)CC1. The summed E-state index contributed by atoms with van der Waals surface area (Å²) in [6, 6.07) is 9.35. The van der Waals surface area contributed by atoms with E-state index in [9.17, 15) is 14.0 Å². The Kier molecular flexibility index (Phi) is 6.16. The normalized spacial score (nSPS) is 14.8. The number of amides is 2. The first-order valence-corrected chi connectivity index (χ1v) is 9.31. The van der Waals surface area contributed by atoms with Crippen LogP contribution in [-0.2, 0) is 6.42 Å². The highest BCUT2D eigenvalue weighted by molar-refractivity contribution is 5.98. The largest absolute Gasteiger partial charge is 0.352 e. The van der Waals surface area contributed by atoms with Crippen LogP contribution in [0.5, 0.6) is 0 Å². The number of carbonyl (C=O) groups is 2. The molecule has 1 fully saturated rings. The molecule has 2 heterocycles. The number of halogens is 1. The van der Waals surface area contributed by atoms with Crippen molar-refractivity contribution in [3.05, 3.63) is 65.2 Å². The molecule has 2 amide bonds. The molecule has 0 bridgehead atoms. The van der Waals surface area contributed by atoms with Crippen LogP contribution in [0.4, 0.5) is 4.39 Å². The predicted octanol–water partition coefficient (Wildman–Crippen LogP) is 3.07. The molecule has 0 aliphatic carbocycles. The standard InChI is InChI=1S/C21H24FN3O2/c1-15-8-12-25(13-9-15)21(27)19-14-17(7-11-23-19)20(26)24-10-6-16-2-4-18(22)5-3-16/h2-5,7,11,14-15H,6,8-10,12-13H2,1H3,(H,24,26). The summed E-state index contributed by atoms with van der Waals surface area (Å²) in [5.74, 6) is -0.0103. The minimum atomic E-state index is -0.278. The fourth-order valence-corrected chi connectivity index (χ4v) is 3.14. The topological polar surface area (TPSA) is 62.3 Å². The lowest BCUT2D eigenvalue weighted by molar-refractivity contribution is 0.0691. The molecule has 1 aromatic heterocycles. The summed E-state index contributed by atoms with van der Waals surface area (Å²) in [5.41, 5.74) is 1.66. The smallest absolute Gasteiger partial charge is 0.272 e. The average molecular weight is 369 g/mol. The van der Waals surface area contributed by atoms with Crippen LogP contribution in [0.3, 0.4) is 0 Å².